The van der Waals surface area contributed by atoms with Gasteiger partial charge in [0.15, 0.2) is 0 Å². The van der Waals surface area contributed by atoms with E-state index < -0.39 is 29.4 Å². The van der Waals surface area contributed by atoms with Crippen molar-refractivity contribution in [3.63, 3.8) is 0 Å². The number of amides is 4. The van der Waals surface area contributed by atoms with Gasteiger partial charge < -0.3 is 38.8 Å². The van der Waals surface area contributed by atoms with Crippen LogP contribution in [-0.4, -0.2) is 135 Å². The minimum absolute atomic E-state index is 0.0417. The number of carbonyl (C=O) groups is 5. The van der Waals surface area contributed by atoms with E-state index in [4.69, 9.17) is 23.7 Å². The maximum atomic E-state index is 12.5. The Hall–Kier alpha value is -3.13. The van der Waals surface area contributed by atoms with E-state index in [1.165, 1.54) is 4.90 Å². The number of unbranched alkanes of at least 4 members (excludes halogenated alkanes) is 1. The lowest BCUT2D eigenvalue weighted by atomic mass is 10.2. The number of carbonyl (C=O) groups excluding carboxylic acids is 5. The van der Waals surface area contributed by atoms with Gasteiger partial charge in [0.05, 0.1) is 17.8 Å². The first-order chi connectivity index (χ1) is 22.8. The maximum absolute atomic E-state index is 12.5. The van der Waals surface area contributed by atoms with Crippen LogP contribution < -0.4 is 5.32 Å². The van der Waals surface area contributed by atoms with Crippen LogP contribution in [0.15, 0.2) is 0 Å². The lowest BCUT2D eigenvalue weighted by molar-refractivity contribution is -0.144. The number of nitrogens with one attached hydrogen (secondary N) is 1. The summed E-state index contributed by atoms with van der Waals surface area (Å²) in [5.74, 6) is -0.522. The van der Waals surface area contributed by atoms with Crippen molar-refractivity contribution < 1.29 is 47.7 Å². The molecule has 0 spiro atoms. The van der Waals surface area contributed by atoms with Crippen molar-refractivity contribution in [2.75, 3.05) is 66.6 Å². The third kappa shape index (κ3) is 37.7. The molecule has 296 valence electrons. The van der Waals surface area contributed by atoms with Crippen molar-refractivity contribution in [2.45, 2.75) is 138 Å². The van der Waals surface area contributed by atoms with Gasteiger partial charge in [0, 0.05) is 53.5 Å². The first kappa shape index (κ1) is 51.2. The predicted octanol–water partition coefficient (Wildman–Crippen LogP) is 5.65. The van der Waals surface area contributed by atoms with Crippen molar-refractivity contribution in [2.24, 2.45) is 0 Å². The van der Waals surface area contributed by atoms with E-state index >= 15 is 0 Å². The highest BCUT2D eigenvalue weighted by atomic mass is 16.6. The Kier molecular flexibility index (Phi) is 27.3. The molecule has 0 saturated heterocycles. The number of rotatable bonds is 18. The Bertz CT molecular complexity index is 921. The largest absolute Gasteiger partial charge is 0.465 e. The highest BCUT2D eigenvalue weighted by Gasteiger charge is 2.24. The summed E-state index contributed by atoms with van der Waals surface area (Å²) >= 11 is 0. The number of hydrogen-bond acceptors (Lipinski definition) is 10. The highest BCUT2D eigenvalue weighted by Crippen LogP contribution is 2.11. The molecule has 0 atom stereocenters. The summed E-state index contributed by atoms with van der Waals surface area (Å²) < 4.78 is 25.4. The van der Waals surface area contributed by atoms with Crippen molar-refractivity contribution in [1.29, 1.82) is 0 Å². The summed E-state index contributed by atoms with van der Waals surface area (Å²) in [4.78, 5) is 63.4. The van der Waals surface area contributed by atoms with Crippen LogP contribution in [-0.2, 0) is 38.1 Å². The van der Waals surface area contributed by atoms with Gasteiger partial charge in [-0.1, -0.05) is 0 Å². The third-order valence-corrected chi connectivity index (χ3v) is 6.10. The summed E-state index contributed by atoms with van der Waals surface area (Å²) in [6, 6.07) is 0. The van der Waals surface area contributed by atoms with Crippen LogP contribution in [0.25, 0.3) is 0 Å². The van der Waals surface area contributed by atoms with Gasteiger partial charge in [-0.2, -0.15) is 0 Å². The van der Waals surface area contributed by atoms with E-state index in [0.29, 0.717) is 58.4 Å². The van der Waals surface area contributed by atoms with Gasteiger partial charge in [0.1, 0.15) is 17.7 Å². The SMILES string of the molecule is CCOC(=O)CN(CCCN(C=O)CCCCN(C=O)CCCNC(=O)OC(C)(C)C)C(=O)OC(C)(C)C.COC(C)(C)C.COC(C)(C)C. The van der Waals surface area contributed by atoms with Crippen molar-refractivity contribution in [3.05, 3.63) is 0 Å². The van der Waals surface area contributed by atoms with E-state index in [1.807, 2.05) is 41.5 Å². The minimum atomic E-state index is -0.706. The van der Waals surface area contributed by atoms with Gasteiger partial charge in [0.2, 0.25) is 12.8 Å². The second-order valence-electron chi connectivity index (χ2n) is 15.5. The van der Waals surface area contributed by atoms with Gasteiger partial charge >= 0.3 is 18.2 Å². The molecule has 0 aromatic carbocycles. The Balaban J connectivity index is -0.00000156. The quantitative estimate of drug-likeness (QED) is 0.0814. The maximum Gasteiger partial charge on any atom is 0.410 e. The number of methoxy groups -OCH3 is 2. The fourth-order valence-electron chi connectivity index (χ4n) is 3.24. The molecule has 50 heavy (non-hydrogen) atoms. The zero-order valence-corrected chi connectivity index (χ0v) is 34.1. The molecule has 0 radical (unpaired) electrons. The lowest BCUT2D eigenvalue weighted by Gasteiger charge is -2.27. The second kappa shape index (κ2) is 26.6. The van der Waals surface area contributed by atoms with E-state index in [0.717, 1.165) is 12.8 Å². The summed E-state index contributed by atoms with van der Waals surface area (Å²) in [6.45, 7) is 27.0. The number of alkyl carbamates (subject to hydrolysis) is 1. The van der Waals surface area contributed by atoms with Crippen molar-refractivity contribution in [3.8, 4) is 0 Å². The van der Waals surface area contributed by atoms with Crippen LogP contribution in [0.4, 0.5) is 9.59 Å². The average molecular weight is 721 g/mol. The van der Waals surface area contributed by atoms with Crippen LogP contribution in [0.3, 0.4) is 0 Å². The van der Waals surface area contributed by atoms with Crippen molar-refractivity contribution in [1.82, 2.24) is 20.0 Å². The lowest BCUT2D eigenvalue weighted by Crippen LogP contribution is -2.41. The summed E-state index contributed by atoms with van der Waals surface area (Å²) in [5, 5.41) is 2.66. The molecule has 1 N–H and O–H groups in total. The van der Waals surface area contributed by atoms with Crippen LogP contribution in [0, 0.1) is 0 Å². The second-order valence-corrected chi connectivity index (χ2v) is 15.5. The molecule has 0 aliphatic heterocycles. The molecule has 4 amide bonds. The monoisotopic (exact) mass is 721 g/mol. The number of hydrogen-bond donors (Lipinski definition) is 1. The van der Waals surface area contributed by atoms with Crippen molar-refractivity contribution >= 4 is 31.0 Å². The van der Waals surface area contributed by atoms with E-state index in [-0.39, 0.29) is 30.9 Å². The molecule has 0 aromatic rings. The number of esters is 1. The van der Waals surface area contributed by atoms with Crippen LogP contribution in [0.5, 0.6) is 0 Å². The Morgan fingerprint density at radius 3 is 1.36 bits per heavy atom. The predicted molar refractivity (Wildman–Crippen MR) is 196 cm³/mol. The number of ether oxygens (including phenoxy) is 5. The molecule has 0 heterocycles. The molecule has 0 aliphatic carbocycles. The molecule has 0 bridgehead atoms. The smallest absolute Gasteiger partial charge is 0.410 e. The number of nitrogens with zero attached hydrogens (tertiary/aromatic N) is 3. The molecule has 14 nitrogen and oxygen atoms in total. The standard InChI is InChI=1S/C26H48N4O8.2C5H12O/c1-8-36-22(33)19-30(24(35)38-26(5,6)7)18-12-17-29(21-32)15-10-9-14-28(20-31)16-11-13-27-23(34)37-25(2,3)4;2*1-5(2,3)6-4/h20-21H,8-19H2,1-7H3,(H,27,34);2*1-4H3. The first-order valence-corrected chi connectivity index (χ1v) is 17.4. The fourth-order valence-corrected chi connectivity index (χ4v) is 3.24. The van der Waals surface area contributed by atoms with Gasteiger partial charge in [-0.25, -0.2) is 9.59 Å². The molecule has 0 saturated carbocycles. The zero-order chi connectivity index (χ0) is 39.6. The fraction of sp³-hybridized carbons (Fsp3) is 0.861. The third-order valence-electron chi connectivity index (χ3n) is 6.10. The van der Waals surface area contributed by atoms with E-state index in [9.17, 15) is 24.0 Å². The summed E-state index contributed by atoms with van der Waals surface area (Å²) in [6.07, 6.45) is 2.88. The molecule has 0 fully saturated rings. The minimum Gasteiger partial charge on any atom is -0.465 e. The van der Waals surface area contributed by atoms with Gasteiger partial charge in [-0.05, 0) is 116 Å². The first-order valence-electron chi connectivity index (χ1n) is 17.4. The molecule has 0 aliphatic rings. The van der Waals surface area contributed by atoms with Gasteiger partial charge in [0.25, 0.3) is 0 Å². The van der Waals surface area contributed by atoms with Crippen LogP contribution >= 0.6 is 0 Å². The molecule has 14 heteroatoms. The Morgan fingerprint density at radius 2 is 1.00 bits per heavy atom. The highest BCUT2D eigenvalue weighted by molar-refractivity contribution is 5.78. The Labute approximate surface area is 303 Å². The van der Waals surface area contributed by atoms with E-state index in [2.05, 4.69) is 5.32 Å². The molecule has 0 unspecified atom stereocenters. The zero-order valence-electron chi connectivity index (χ0n) is 34.1. The van der Waals surface area contributed by atoms with Crippen LogP contribution in [0.2, 0.25) is 0 Å². The molecular weight excluding hydrogens is 648 g/mol. The average Bonchev–Trinajstić information content (AvgIpc) is 2.97. The summed E-state index contributed by atoms with van der Waals surface area (Å²) in [7, 11) is 3.42. The van der Waals surface area contributed by atoms with Gasteiger partial charge in [-0.15, -0.1) is 0 Å². The topological polar surface area (TPSA) is 153 Å². The van der Waals surface area contributed by atoms with E-state index in [1.54, 1.807) is 72.5 Å². The molecular formula is C36H72N4O10. The normalized spacial score (nSPS) is 11.4. The van der Waals surface area contributed by atoms with Gasteiger partial charge in [-0.3, -0.25) is 19.3 Å². The molecule has 0 aromatic heterocycles. The van der Waals surface area contributed by atoms with Crippen LogP contribution in [0.1, 0.15) is 116 Å². The molecule has 0 rings (SSSR count). The summed E-state index contributed by atoms with van der Waals surface area (Å²) in [5.41, 5.74) is -1.18. The Morgan fingerprint density at radius 1 is 0.600 bits per heavy atom.